The van der Waals surface area contributed by atoms with Crippen LogP contribution in [0.2, 0.25) is 0 Å². The van der Waals surface area contributed by atoms with Gasteiger partial charge in [0, 0.05) is 20.3 Å². The van der Waals surface area contributed by atoms with Crippen LogP contribution >= 0.6 is 0 Å². The van der Waals surface area contributed by atoms with Gasteiger partial charge in [-0.1, -0.05) is 12.1 Å². The molecule has 19 heavy (non-hydrogen) atoms. The van der Waals surface area contributed by atoms with Gasteiger partial charge >= 0.3 is 5.97 Å². The lowest BCUT2D eigenvalue weighted by Gasteiger charge is -2.24. The molecule has 0 bridgehead atoms. The minimum Gasteiger partial charge on any atom is -0.508 e. The van der Waals surface area contributed by atoms with E-state index in [1.54, 1.807) is 12.1 Å². The number of phenolic OH excluding ortho intramolecular Hbond substituents is 1. The molecule has 6 nitrogen and oxygen atoms in total. The van der Waals surface area contributed by atoms with Crippen molar-refractivity contribution < 1.29 is 24.6 Å². The van der Waals surface area contributed by atoms with Gasteiger partial charge in [0.2, 0.25) is 11.8 Å². The molecule has 1 atom stereocenters. The van der Waals surface area contributed by atoms with Gasteiger partial charge in [0.15, 0.2) is 0 Å². The Hall–Kier alpha value is -2.37. The number of carboxylic acid groups (broad SMARTS) is 1. The Morgan fingerprint density at radius 2 is 1.58 bits per heavy atom. The highest BCUT2D eigenvalue weighted by atomic mass is 16.4. The summed E-state index contributed by atoms with van der Waals surface area (Å²) in [6, 6.07) is 4.67. The van der Waals surface area contributed by atoms with Crippen LogP contribution in [-0.4, -0.2) is 38.9 Å². The van der Waals surface area contributed by atoms with Crippen LogP contribution in [0.25, 0.3) is 0 Å². The van der Waals surface area contributed by atoms with Gasteiger partial charge in [-0.05, 0) is 17.7 Å². The number of rotatable bonds is 4. The summed E-state index contributed by atoms with van der Waals surface area (Å²) < 4.78 is 0. The van der Waals surface area contributed by atoms with Gasteiger partial charge in [-0.3, -0.25) is 14.5 Å². The number of aromatic hydroxyl groups is 1. The standard InChI is InChI=1S/C13H15NO5/c1-8(15)14(9(2)16)12(13(18)19)7-10-3-5-11(17)6-4-10/h3-6,12,17H,7H2,1-2H3,(H,18,19). The predicted molar refractivity (Wildman–Crippen MR) is 66.4 cm³/mol. The van der Waals surface area contributed by atoms with Crippen molar-refractivity contribution in [2.75, 3.05) is 0 Å². The van der Waals surface area contributed by atoms with E-state index in [0.29, 0.717) is 5.56 Å². The monoisotopic (exact) mass is 265 g/mol. The van der Waals surface area contributed by atoms with Crippen LogP contribution in [0.15, 0.2) is 24.3 Å². The third kappa shape index (κ3) is 3.80. The molecular formula is C13H15NO5. The summed E-state index contributed by atoms with van der Waals surface area (Å²) in [5.41, 5.74) is 0.609. The van der Waals surface area contributed by atoms with Gasteiger partial charge in [-0.2, -0.15) is 0 Å². The Morgan fingerprint density at radius 3 is 1.95 bits per heavy atom. The zero-order valence-electron chi connectivity index (χ0n) is 10.7. The number of carboxylic acids is 1. The zero-order valence-corrected chi connectivity index (χ0v) is 10.7. The maximum absolute atomic E-state index is 11.4. The highest BCUT2D eigenvalue weighted by Crippen LogP contribution is 2.14. The Kier molecular flexibility index (Phi) is 4.63. The van der Waals surface area contributed by atoms with Crippen molar-refractivity contribution in [3.63, 3.8) is 0 Å². The highest BCUT2D eigenvalue weighted by molar-refractivity contribution is 5.97. The minimum atomic E-state index is -1.25. The number of hydrogen-bond donors (Lipinski definition) is 2. The van der Waals surface area contributed by atoms with Gasteiger partial charge in [0.05, 0.1) is 0 Å². The molecule has 0 spiro atoms. The second-order valence-electron chi connectivity index (χ2n) is 4.13. The molecule has 0 radical (unpaired) electrons. The van der Waals surface area contributed by atoms with Crippen molar-refractivity contribution in [2.45, 2.75) is 26.3 Å². The lowest BCUT2D eigenvalue weighted by molar-refractivity contribution is -0.156. The average Bonchev–Trinajstić information content (AvgIpc) is 2.29. The molecule has 0 fully saturated rings. The van der Waals surface area contributed by atoms with E-state index in [1.807, 2.05) is 0 Å². The van der Waals surface area contributed by atoms with Crippen molar-refractivity contribution in [3.8, 4) is 5.75 Å². The fraction of sp³-hybridized carbons (Fsp3) is 0.308. The van der Waals surface area contributed by atoms with Crippen LogP contribution < -0.4 is 0 Å². The highest BCUT2D eigenvalue weighted by Gasteiger charge is 2.30. The number of imide groups is 1. The smallest absolute Gasteiger partial charge is 0.327 e. The quantitative estimate of drug-likeness (QED) is 0.839. The van der Waals surface area contributed by atoms with E-state index in [1.165, 1.54) is 12.1 Å². The molecule has 0 heterocycles. The van der Waals surface area contributed by atoms with Crippen molar-refractivity contribution in [1.82, 2.24) is 4.90 Å². The number of aliphatic carboxylic acids is 1. The van der Waals surface area contributed by atoms with Gasteiger partial charge in [-0.25, -0.2) is 4.79 Å². The molecule has 6 heteroatoms. The zero-order chi connectivity index (χ0) is 14.6. The maximum Gasteiger partial charge on any atom is 0.327 e. The fourth-order valence-electron chi connectivity index (χ4n) is 1.80. The van der Waals surface area contributed by atoms with E-state index >= 15 is 0 Å². The summed E-state index contributed by atoms with van der Waals surface area (Å²) >= 11 is 0. The van der Waals surface area contributed by atoms with Crippen LogP contribution in [0.4, 0.5) is 0 Å². The SMILES string of the molecule is CC(=O)N(C(C)=O)C(Cc1ccc(O)cc1)C(=O)O. The molecule has 0 aliphatic rings. The third-order valence-electron chi connectivity index (χ3n) is 2.64. The summed E-state index contributed by atoms with van der Waals surface area (Å²) in [7, 11) is 0. The number of phenols is 1. The second-order valence-corrected chi connectivity index (χ2v) is 4.13. The molecule has 102 valence electrons. The Balaban J connectivity index is 3.01. The number of amides is 2. The van der Waals surface area contributed by atoms with E-state index < -0.39 is 23.8 Å². The molecule has 0 saturated carbocycles. The lowest BCUT2D eigenvalue weighted by atomic mass is 10.0. The molecule has 2 N–H and O–H groups in total. The number of nitrogens with zero attached hydrogens (tertiary/aromatic N) is 1. The molecule has 1 aromatic rings. The minimum absolute atomic E-state index is 0.00519. The number of hydrogen-bond acceptors (Lipinski definition) is 4. The summed E-state index contributed by atoms with van der Waals surface area (Å²) in [5, 5.41) is 18.3. The van der Waals surface area contributed by atoms with Gasteiger partial charge < -0.3 is 10.2 Å². The van der Waals surface area contributed by atoms with Crippen LogP contribution in [0.5, 0.6) is 5.75 Å². The summed E-state index contributed by atoms with van der Waals surface area (Å²) in [6.45, 7) is 2.29. The summed E-state index contributed by atoms with van der Waals surface area (Å²) in [4.78, 5) is 34.7. The molecule has 1 unspecified atom stereocenters. The van der Waals surface area contributed by atoms with E-state index in [0.717, 1.165) is 18.7 Å². The maximum atomic E-state index is 11.4. The average molecular weight is 265 g/mol. The topological polar surface area (TPSA) is 94.9 Å². The van der Waals surface area contributed by atoms with E-state index in [-0.39, 0.29) is 12.2 Å². The molecule has 1 aromatic carbocycles. The van der Waals surface area contributed by atoms with Crippen LogP contribution in [-0.2, 0) is 20.8 Å². The normalized spacial score (nSPS) is 11.7. The summed E-state index contributed by atoms with van der Waals surface area (Å²) in [6.07, 6.45) is -0.00519. The first-order valence-corrected chi connectivity index (χ1v) is 5.64. The number of benzene rings is 1. The second kappa shape index (κ2) is 5.99. The fourth-order valence-corrected chi connectivity index (χ4v) is 1.80. The predicted octanol–water partition coefficient (Wildman–Crippen LogP) is 0.783. The third-order valence-corrected chi connectivity index (χ3v) is 2.64. The Bertz CT molecular complexity index is 480. The Morgan fingerprint density at radius 1 is 1.11 bits per heavy atom. The van der Waals surface area contributed by atoms with Crippen LogP contribution in [0.1, 0.15) is 19.4 Å². The molecule has 2 amide bonds. The number of carbonyl (C=O) groups excluding carboxylic acids is 2. The number of carbonyl (C=O) groups is 3. The molecule has 0 saturated heterocycles. The first-order valence-electron chi connectivity index (χ1n) is 5.64. The van der Waals surface area contributed by atoms with E-state index in [2.05, 4.69) is 0 Å². The molecule has 0 aliphatic carbocycles. The van der Waals surface area contributed by atoms with Crippen molar-refractivity contribution in [1.29, 1.82) is 0 Å². The first-order chi connectivity index (χ1) is 8.82. The van der Waals surface area contributed by atoms with Crippen molar-refractivity contribution >= 4 is 17.8 Å². The molecule has 0 aromatic heterocycles. The van der Waals surface area contributed by atoms with E-state index in [4.69, 9.17) is 10.2 Å². The lowest BCUT2D eigenvalue weighted by Crippen LogP contribution is -2.48. The summed E-state index contributed by atoms with van der Waals surface area (Å²) in [5.74, 6) is -2.42. The van der Waals surface area contributed by atoms with Crippen molar-refractivity contribution in [3.05, 3.63) is 29.8 Å². The van der Waals surface area contributed by atoms with Crippen LogP contribution in [0.3, 0.4) is 0 Å². The molecule has 1 rings (SSSR count). The van der Waals surface area contributed by atoms with Crippen LogP contribution in [0, 0.1) is 0 Å². The largest absolute Gasteiger partial charge is 0.508 e. The Labute approximate surface area is 110 Å². The molecule has 0 aliphatic heterocycles. The first kappa shape index (κ1) is 14.7. The van der Waals surface area contributed by atoms with Gasteiger partial charge in [0.1, 0.15) is 11.8 Å². The van der Waals surface area contributed by atoms with Gasteiger partial charge in [0.25, 0.3) is 0 Å². The van der Waals surface area contributed by atoms with E-state index in [9.17, 15) is 14.4 Å². The van der Waals surface area contributed by atoms with Gasteiger partial charge in [-0.15, -0.1) is 0 Å². The molecular weight excluding hydrogens is 250 g/mol. The van der Waals surface area contributed by atoms with Crippen molar-refractivity contribution in [2.24, 2.45) is 0 Å².